The largest absolute Gasteiger partial charge is 0.492 e. The molecule has 0 spiro atoms. The smallest absolute Gasteiger partial charge is 0.416 e. The van der Waals surface area contributed by atoms with Crippen molar-refractivity contribution in [1.82, 2.24) is 24.8 Å². The van der Waals surface area contributed by atoms with Crippen LogP contribution in [0.15, 0.2) is 59.3 Å². The van der Waals surface area contributed by atoms with E-state index in [-0.39, 0.29) is 11.5 Å². The lowest BCUT2D eigenvalue weighted by molar-refractivity contribution is -0.137. The van der Waals surface area contributed by atoms with Crippen molar-refractivity contribution in [3.63, 3.8) is 0 Å². The van der Waals surface area contributed by atoms with Crippen LogP contribution in [0, 0.1) is 6.92 Å². The highest BCUT2D eigenvalue weighted by atomic mass is 19.4. The predicted molar refractivity (Wildman–Crippen MR) is 141 cm³/mol. The van der Waals surface area contributed by atoms with E-state index in [9.17, 15) is 18.0 Å². The highest BCUT2D eigenvalue weighted by molar-refractivity contribution is 6.04. The molecular formula is C28H29F3N6O3. The number of piperidine rings is 1. The van der Waals surface area contributed by atoms with Crippen LogP contribution in [0.3, 0.4) is 0 Å². The Balaban J connectivity index is 1.23. The number of carbonyl (C=O) groups is 1. The molecule has 5 rings (SSSR count). The Hall–Kier alpha value is -4.19. The second kappa shape index (κ2) is 11.5. The molecular weight excluding hydrogens is 525 g/mol. The first kappa shape index (κ1) is 27.4. The highest BCUT2D eigenvalue weighted by Crippen LogP contribution is 2.33. The van der Waals surface area contributed by atoms with Crippen LogP contribution in [-0.2, 0) is 13.2 Å². The number of benzene rings is 2. The molecule has 1 aliphatic heterocycles. The van der Waals surface area contributed by atoms with E-state index >= 15 is 0 Å². The van der Waals surface area contributed by atoms with Gasteiger partial charge < -0.3 is 14.6 Å². The minimum atomic E-state index is -4.46. The van der Waals surface area contributed by atoms with Crippen molar-refractivity contribution in [3.05, 3.63) is 77.6 Å². The van der Waals surface area contributed by atoms with Crippen molar-refractivity contribution in [2.24, 2.45) is 7.05 Å². The molecule has 1 saturated heterocycles. The minimum Gasteiger partial charge on any atom is -0.492 e. The summed E-state index contributed by atoms with van der Waals surface area (Å²) >= 11 is 0. The van der Waals surface area contributed by atoms with E-state index in [4.69, 9.17) is 9.26 Å². The fourth-order valence-electron chi connectivity index (χ4n) is 4.75. The molecule has 0 atom stereocenters. The summed E-state index contributed by atoms with van der Waals surface area (Å²) in [6, 6.07) is 11.2. The number of aryl methyl sites for hydroxylation is 2. The van der Waals surface area contributed by atoms with Gasteiger partial charge in [0.1, 0.15) is 12.4 Å². The summed E-state index contributed by atoms with van der Waals surface area (Å²) < 4.78 is 51.8. The number of alkyl halides is 3. The molecule has 40 heavy (non-hydrogen) atoms. The van der Waals surface area contributed by atoms with Gasteiger partial charge in [-0.15, -0.1) is 0 Å². The van der Waals surface area contributed by atoms with Gasteiger partial charge in [-0.05, 0) is 81.4 Å². The Bertz CT molecular complexity index is 1460. The van der Waals surface area contributed by atoms with Crippen molar-refractivity contribution >= 4 is 11.6 Å². The Morgan fingerprint density at radius 2 is 1.88 bits per heavy atom. The first-order valence-corrected chi connectivity index (χ1v) is 12.9. The first-order chi connectivity index (χ1) is 19.2. The molecule has 210 valence electrons. The van der Waals surface area contributed by atoms with Crippen LogP contribution in [0.1, 0.15) is 46.4 Å². The Labute approximate surface area is 228 Å². The monoisotopic (exact) mass is 554 g/mol. The van der Waals surface area contributed by atoms with Gasteiger partial charge in [0.05, 0.1) is 11.3 Å². The maximum Gasteiger partial charge on any atom is 0.416 e. The van der Waals surface area contributed by atoms with Crippen LogP contribution in [-0.4, -0.2) is 57.0 Å². The highest BCUT2D eigenvalue weighted by Gasteiger charge is 2.30. The van der Waals surface area contributed by atoms with E-state index < -0.39 is 17.6 Å². The summed E-state index contributed by atoms with van der Waals surface area (Å²) in [5.41, 5.74) is 1.31. The second-order valence-corrected chi connectivity index (χ2v) is 9.72. The predicted octanol–water partition coefficient (Wildman–Crippen LogP) is 5.31. The third-order valence-electron chi connectivity index (χ3n) is 6.95. The number of carbonyl (C=O) groups excluding carboxylic acids is 1. The van der Waals surface area contributed by atoms with Crippen LogP contribution in [0.5, 0.6) is 5.75 Å². The van der Waals surface area contributed by atoms with Crippen LogP contribution in [0.4, 0.5) is 18.9 Å². The fourth-order valence-corrected chi connectivity index (χ4v) is 4.75. The molecule has 1 fully saturated rings. The lowest BCUT2D eigenvalue weighted by atomic mass is 9.97. The standard InChI is InChI=1S/C28H29F3N6O3/c1-18-33-27(40-35-18)20-10-13-37(14-11-20)15-16-39-25-8-7-22(17-23(25)24-9-12-32-36(24)2)34-26(38)19-3-5-21(6-4-19)28(29,30)31/h3-9,12,17,20H,10-11,13-16H2,1-2H3,(H,34,38). The molecule has 9 nitrogen and oxygen atoms in total. The Morgan fingerprint density at radius 3 is 2.50 bits per heavy atom. The number of nitrogens with zero attached hydrogens (tertiary/aromatic N) is 5. The summed E-state index contributed by atoms with van der Waals surface area (Å²) in [6.07, 6.45) is -0.917. The number of halogens is 3. The van der Waals surface area contributed by atoms with Crippen molar-refractivity contribution in [1.29, 1.82) is 0 Å². The third kappa shape index (κ3) is 6.33. The molecule has 0 unspecified atom stereocenters. The molecule has 0 aliphatic carbocycles. The molecule has 2 aromatic carbocycles. The maximum atomic E-state index is 12.9. The van der Waals surface area contributed by atoms with Gasteiger partial charge in [-0.2, -0.15) is 23.3 Å². The zero-order chi connectivity index (χ0) is 28.3. The van der Waals surface area contributed by atoms with Crippen molar-refractivity contribution < 1.29 is 27.2 Å². The number of hydrogen-bond acceptors (Lipinski definition) is 7. The molecule has 1 amide bonds. The van der Waals surface area contributed by atoms with Gasteiger partial charge in [-0.3, -0.25) is 14.4 Å². The fraction of sp³-hybridized carbons (Fsp3) is 0.357. The number of nitrogens with one attached hydrogen (secondary N) is 1. The van der Waals surface area contributed by atoms with Gasteiger partial charge in [-0.25, -0.2) is 0 Å². The number of amides is 1. The molecule has 2 aromatic heterocycles. The number of likely N-dealkylation sites (tertiary alicyclic amines) is 1. The molecule has 0 bridgehead atoms. The van der Waals surface area contributed by atoms with E-state index in [1.54, 1.807) is 29.1 Å². The van der Waals surface area contributed by atoms with Gasteiger partial charge in [-0.1, -0.05) is 5.16 Å². The molecule has 0 saturated carbocycles. The first-order valence-electron chi connectivity index (χ1n) is 12.9. The lowest BCUT2D eigenvalue weighted by Gasteiger charge is -2.30. The lowest BCUT2D eigenvalue weighted by Crippen LogP contribution is -2.36. The molecule has 1 N–H and O–H groups in total. The number of ether oxygens (including phenoxy) is 1. The van der Waals surface area contributed by atoms with Gasteiger partial charge in [0.25, 0.3) is 5.91 Å². The number of anilines is 1. The molecule has 3 heterocycles. The third-order valence-corrected chi connectivity index (χ3v) is 6.95. The topological polar surface area (TPSA) is 98.3 Å². The van der Waals surface area contributed by atoms with Gasteiger partial charge >= 0.3 is 6.18 Å². The zero-order valence-corrected chi connectivity index (χ0v) is 22.1. The van der Waals surface area contributed by atoms with Gasteiger partial charge in [0, 0.05) is 42.5 Å². The molecule has 0 radical (unpaired) electrons. The van der Waals surface area contributed by atoms with Crippen molar-refractivity contribution in [2.75, 3.05) is 31.6 Å². The molecule has 4 aromatic rings. The van der Waals surface area contributed by atoms with Crippen LogP contribution in [0.2, 0.25) is 0 Å². The van der Waals surface area contributed by atoms with Crippen molar-refractivity contribution in [2.45, 2.75) is 31.9 Å². The second-order valence-electron chi connectivity index (χ2n) is 9.72. The van der Waals surface area contributed by atoms with E-state index in [0.717, 1.165) is 68.0 Å². The average Bonchev–Trinajstić information content (AvgIpc) is 3.57. The van der Waals surface area contributed by atoms with E-state index in [0.29, 0.717) is 29.8 Å². The summed E-state index contributed by atoms with van der Waals surface area (Å²) in [4.78, 5) is 19.4. The summed E-state index contributed by atoms with van der Waals surface area (Å²) in [7, 11) is 1.81. The molecule has 12 heteroatoms. The summed E-state index contributed by atoms with van der Waals surface area (Å²) in [5, 5.41) is 10.9. The minimum absolute atomic E-state index is 0.119. The normalized spacial score (nSPS) is 14.8. The van der Waals surface area contributed by atoms with Crippen molar-refractivity contribution in [3.8, 4) is 17.0 Å². The number of hydrogen-bond donors (Lipinski definition) is 1. The van der Waals surface area contributed by atoms with Crippen LogP contribution in [0.25, 0.3) is 11.3 Å². The SMILES string of the molecule is Cc1noc(C2CCN(CCOc3ccc(NC(=O)c4ccc(C(F)(F)F)cc4)cc3-c3ccnn3C)CC2)n1. The van der Waals surface area contributed by atoms with E-state index in [2.05, 4.69) is 25.5 Å². The van der Waals surface area contributed by atoms with Gasteiger partial charge in [0.15, 0.2) is 5.82 Å². The number of aromatic nitrogens is 4. The summed E-state index contributed by atoms with van der Waals surface area (Å²) in [6.45, 7) is 4.83. The van der Waals surface area contributed by atoms with Crippen LogP contribution < -0.4 is 10.1 Å². The summed E-state index contributed by atoms with van der Waals surface area (Å²) in [5.74, 6) is 1.75. The van der Waals surface area contributed by atoms with E-state index in [1.807, 2.05) is 20.0 Å². The zero-order valence-electron chi connectivity index (χ0n) is 22.1. The van der Waals surface area contributed by atoms with Gasteiger partial charge in [0.2, 0.25) is 5.89 Å². The average molecular weight is 555 g/mol. The quantitative estimate of drug-likeness (QED) is 0.315. The maximum absolute atomic E-state index is 12.9. The Morgan fingerprint density at radius 1 is 1.12 bits per heavy atom. The van der Waals surface area contributed by atoms with E-state index in [1.165, 1.54) is 0 Å². The molecule has 1 aliphatic rings. The Kier molecular flexibility index (Phi) is 7.88. The van der Waals surface area contributed by atoms with Crippen LogP contribution >= 0.6 is 0 Å². The number of rotatable bonds is 8.